The zero-order valence-corrected chi connectivity index (χ0v) is 43.5. The summed E-state index contributed by atoms with van der Waals surface area (Å²) in [6.07, 6.45) is 4.68. The highest BCUT2D eigenvalue weighted by Gasteiger charge is 2.48. The Bertz CT molecular complexity index is 3640. The predicted molar refractivity (Wildman–Crippen MR) is 304 cm³/mol. The molecule has 4 aliphatic rings. The molecule has 0 spiro atoms. The molecule has 2 aliphatic heterocycles. The number of hydrogen-bond donors (Lipinski definition) is 0. The quantitative estimate of drug-likeness (QED) is 0.162. The van der Waals surface area contributed by atoms with Crippen LogP contribution in [0.4, 0.5) is 34.1 Å². The summed E-state index contributed by atoms with van der Waals surface area (Å²) < 4.78 is 2.72. The van der Waals surface area contributed by atoms with E-state index < -0.39 is 0 Å². The van der Waals surface area contributed by atoms with Gasteiger partial charge in [0.05, 0.1) is 5.69 Å². The molecule has 70 heavy (non-hydrogen) atoms. The summed E-state index contributed by atoms with van der Waals surface area (Å²) in [7, 11) is 0. The van der Waals surface area contributed by atoms with Gasteiger partial charge in [-0.15, -0.1) is 11.3 Å². The molecule has 0 amide bonds. The first-order valence-electron chi connectivity index (χ1n) is 25.8. The van der Waals surface area contributed by atoms with Crippen LogP contribution in [0.15, 0.2) is 152 Å². The SMILES string of the molecule is Cc1cccc(C)c1-c1cc2c3c(c1)N(c1ccccc1-c1ccccc1)c1ccc4c(sc5ccccc54)c1B3c1cc3c(cc1N2c1ccc2c(c1)C(C)(C)CCC2(C)C)C(C)(C)CCC3(C)C. The number of hydrogen-bond acceptors (Lipinski definition) is 3. The molecule has 2 nitrogen and oxygen atoms in total. The van der Waals surface area contributed by atoms with Crippen molar-refractivity contribution in [1.29, 1.82) is 0 Å². The Morgan fingerprint density at radius 2 is 1.03 bits per heavy atom. The van der Waals surface area contributed by atoms with Crippen LogP contribution >= 0.6 is 11.3 Å². The molecule has 13 rings (SSSR count). The first-order chi connectivity index (χ1) is 33.5. The average Bonchev–Trinajstić information content (AvgIpc) is 3.73. The van der Waals surface area contributed by atoms with Gasteiger partial charge in [0, 0.05) is 48.8 Å². The Morgan fingerprint density at radius 3 is 1.74 bits per heavy atom. The van der Waals surface area contributed by atoms with Gasteiger partial charge in [0.2, 0.25) is 0 Å². The third kappa shape index (κ3) is 6.30. The van der Waals surface area contributed by atoms with E-state index >= 15 is 0 Å². The fourth-order valence-corrected chi connectivity index (χ4v) is 14.8. The van der Waals surface area contributed by atoms with Crippen LogP contribution in [0.2, 0.25) is 0 Å². The topological polar surface area (TPSA) is 6.48 Å². The molecule has 9 aromatic rings. The van der Waals surface area contributed by atoms with Gasteiger partial charge in [0.1, 0.15) is 0 Å². The second-order valence-electron chi connectivity index (χ2n) is 23.9. The van der Waals surface area contributed by atoms with Gasteiger partial charge in [-0.05, 0) is 182 Å². The van der Waals surface area contributed by atoms with Crippen LogP contribution in [0.1, 0.15) is 114 Å². The molecule has 0 unspecified atom stereocenters. The van der Waals surface area contributed by atoms with Gasteiger partial charge in [-0.1, -0.05) is 159 Å². The molecule has 8 aromatic carbocycles. The van der Waals surface area contributed by atoms with Gasteiger partial charge in [-0.2, -0.15) is 0 Å². The molecule has 346 valence electrons. The van der Waals surface area contributed by atoms with Gasteiger partial charge in [0.25, 0.3) is 6.71 Å². The van der Waals surface area contributed by atoms with Crippen LogP contribution in [0, 0.1) is 13.8 Å². The van der Waals surface area contributed by atoms with Crippen LogP contribution < -0.4 is 26.2 Å². The van der Waals surface area contributed by atoms with Gasteiger partial charge in [-0.25, -0.2) is 0 Å². The van der Waals surface area contributed by atoms with Crippen molar-refractivity contribution in [3.63, 3.8) is 0 Å². The van der Waals surface area contributed by atoms with E-state index in [1.54, 1.807) is 0 Å². The smallest absolute Gasteiger partial charge is 0.254 e. The maximum Gasteiger partial charge on any atom is 0.254 e. The van der Waals surface area contributed by atoms with Crippen molar-refractivity contribution in [2.75, 3.05) is 9.80 Å². The molecule has 1 aromatic heterocycles. The van der Waals surface area contributed by atoms with Crippen LogP contribution in [0.5, 0.6) is 0 Å². The Labute approximate surface area is 420 Å². The minimum atomic E-state index is -0.0192. The lowest BCUT2D eigenvalue weighted by Gasteiger charge is -2.48. The van der Waals surface area contributed by atoms with Crippen molar-refractivity contribution in [2.24, 2.45) is 0 Å². The molecule has 0 bridgehead atoms. The lowest BCUT2D eigenvalue weighted by atomic mass is 9.33. The van der Waals surface area contributed by atoms with Crippen molar-refractivity contribution in [3.8, 4) is 22.3 Å². The minimum absolute atomic E-state index is 0.0192. The lowest BCUT2D eigenvalue weighted by Crippen LogP contribution is -2.62. The monoisotopic (exact) mass is 926 g/mol. The van der Waals surface area contributed by atoms with E-state index in [2.05, 4.69) is 231 Å². The van der Waals surface area contributed by atoms with Crippen molar-refractivity contribution in [2.45, 2.75) is 117 Å². The molecule has 0 atom stereocenters. The number of fused-ring (bicyclic) bond motifs is 10. The van der Waals surface area contributed by atoms with E-state index in [0.717, 1.165) is 12.8 Å². The van der Waals surface area contributed by atoms with E-state index in [-0.39, 0.29) is 28.4 Å². The molecular formula is C66H63BN2S. The zero-order valence-electron chi connectivity index (χ0n) is 42.6. The summed E-state index contributed by atoms with van der Waals surface area (Å²) in [6, 6.07) is 59.1. The van der Waals surface area contributed by atoms with E-state index in [1.807, 2.05) is 11.3 Å². The summed E-state index contributed by atoms with van der Waals surface area (Å²) >= 11 is 1.98. The maximum absolute atomic E-state index is 2.73. The summed E-state index contributed by atoms with van der Waals surface area (Å²) in [6.45, 7) is 24.4. The van der Waals surface area contributed by atoms with Crippen LogP contribution in [0.25, 0.3) is 42.4 Å². The lowest BCUT2D eigenvalue weighted by molar-refractivity contribution is 0.332. The highest BCUT2D eigenvalue weighted by molar-refractivity contribution is 7.28. The van der Waals surface area contributed by atoms with Crippen LogP contribution in [-0.4, -0.2) is 6.71 Å². The molecule has 0 fully saturated rings. The Hall–Kier alpha value is -6.36. The number of thiophene rings is 1. The van der Waals surface area contributed by atoms with Crippen molar-refractivity contribution < 1.29 is 0 Å². The van der Waals surface area contributed by atoms with Crippen molar-refractivity contribution in [1.82, 2.24) is 0 Å². The fraction of sp³-hybridized carbons (Fsp3) is 0.273. The molecule has 2 aliphatic carbocycles. The summed E-state index contributed by atoms with van der Waals surface area (Å²) in [4.78, 5) is 5.40. The first kappa shape index (κ1) is 43.6. The van der Waals surface area contributed by atoms with E-state index in [1.165, 1.54) is 139 Å². The standard InChI is InChI=1S/C66H63BN2S/c1-40-19-18-20-41(2)59(40)43-35-56-60-57(36-43)69(53-25-16-14-23-45(53)42-21-12-11-13-22-42)54-30-28-47-46-24-15-17-26-58(46)70-62(47)61(54)67(60)52-38-50-51(66(9,10)34-33-65(50,7)8)39-55(52)68(56)44-27-29-48-49(37-44)64(5,6)32-31-63(48,3)4/h11-30,35-39H,31-34H2,1-10H3. The zero-order chi connectivity index (χ0) is 48.2. The highest BCUT2D eigenvalue weighted by Crippen LogP contribution is 2.54. The summed E-state index contributed by atoms with van der Waals surface area (Å²) in [5.41, 5.74) is 25.6. The molecule has 0 radical (unpaired) electrons. The van der Waals surface area contributed by atoms with Gasteiger partial charge in [0.15, 0.2) is 0 Å². The van der Waals surface area contributed by atoms with Crippen molar-refractivity contribution >= 4 is 88.7 Å². The third-order valence-corrected chi connectivity index (χ3v) is 18.9. The van der Waals surface area contributed by atoms with Gasteiger partial charge < -0.3 is 9.80 Å². The second kappa shape index (κ2) is 15.1. The Kier molecular flexibility index (Phi) is 9.40. The molecule has 4 heteroatoms. The summed E-state index contributed by atoms with van der Waals surface area (Å²) in [5, 5.41) is 2.68. The normalized spacial score (nSPS) is 17.7. The molecule has 0 saturated heterocycles. The number of aryl methyl sites for hydroxylation is 2. The minimum Gasteiger partial charge on any atom is -0.311 e. The fourth-order valence-electron chi connectivity index (χ4n) is 13.5. The van der Waals surface area contributed by atoms with E-state index in [0.29, 0.717) is 0 Å². The van der Waals surface area contributed by atoms with Gasteiger partial charge >= 0.3 is 0 Å². The number of benzene rings is 8. The molecular weight excluding hydrogens is 864 g/mol. The largest absolute Gasteiger partial charge is 0.311 e. The highest BCUT2D eigenvalue weighted by atomic mass is 32.1. The second-order valence-corrected chi connectivity index (χ2v) is 24.9. The molecule has 3 heterocycles. The number of rotatable bonds is 4. The Balaban J connectivity index is 1.22. The van der Waals surface area contributed by atoms with E-state index in [4.69, 9.17) is 0 Å². The molecule has 0 N–H and O–H groups in total. The van der Waals surface area contributed by atoms with Crippen molar-refractivity contribution in [3.05, 3.63) is 185 Å². The maximum atomic E-state index is 2.73. The molecule has 0 saturated carbocycles. The van der Waals surface area contributed by atoms with Crippen LogP contribution in [-0.2, 0) is 21.7 Å². The van der Waals surface area contributed by atoms with E-state index in [9.17, 15) is 0 Å². The third-order valence-electron chi connectivity index (χ3n) is 17.6. The average molecular weight is 927 g/mol. The number of anilines is 6. The number of nitrogens with zero attached hydrogens (tertiary/aromatic N) is 2. The predicted octanol–water partition coefficient (Wildman–Crippen LogP) is 16.8. The van der Waals surface area contributed by atoms with Crippen LogP contribution in [0.3, 0.4) is 0 Å². The first-order valence-corrected chi connectivity index (χ1v) is 26.6. The summed E-state index contributed by atoms with van der Waals surface area (Å²) in [5.74, 6) is 0. The Morgan fingerprint density at radius 1 is 0.429 bits per heavy atom. The number of para-hydroxylation sites is 1. The van der Waals surface area contributed by atoms with Gasteiger partial charge in [-0.3, -0.25) is 0 Å².